The highest BCUT2D eigenvalue weighted by molar-refractivity contribution is 7.92. The van der Waals surface area contributed by atoms with Crippen molar-refractivity contribution in [2.75, 3.05) is 23.3 Å². The van der Waals surface area contributed by atoms with Gasteiger partial charge in [-0.05, 0) is 99.6 Å². The lowest BCUT2D eigenvalue weighted by Crippen LogP contribution is -2.59. The van der Waals surface area contributed by atoms with E-state index in [9.17, 15) is 22.8 Å². The molecule has 1 aromatic heterocycles. The van der Waals surface area contributed by atoms with Gasteiger partial charge in [-0.25, -0.2) is 27.9 Å². The van der Waals surface area contributed by atoms with Crippen LogP contribution in [0.4, 0.5) is 11.6 Å². The third kappa shape index (κ3) is 7.66. The van der Waals surface area contributed by atoms with Crippen LogP contribution in [0.25, 0.3) is 0 Å². The number of anilines is 2. The molecule has 2 fully saturated rings. The van der Waals surface area contributed by atoms with E-state index in [-0.39, 0.29) is 47.3 Å². The molecule has 2 aromatic rings. The highest BCUT2D eigenvalue weighted by atomic mass is 32.2. The number of aromatic nitrogens is 2. The number of rotatable bonds is 11. The quantitative estimate of drug-likeness (QED) is 0.175. The van der Waals surface area contributed by atoms with Crippen LogP contribution in [-0.4, -0.2) is 61.7 Å². The number of hydrogen-bond acceptors (Lipinski definition) is 11. The molecule has 1 aliphatic heterocycles. The summed E-state index contributed by atoms with van der Waals surface area (Å²) in [5, 5.41) is 3.48. The summed E-state index contributed by atoms with van der Waals surface area (Å²) < 4.78 is 45.5. The molecule has 6 atom stereocenters. The Hall–Kier alpha value is -4.26. The number of carbonyl (C=O) groups is 3. The number of ether oxygens (including phenoxy) is 3. The van der Waals surface area contributed by atoms with Crippen molar-refractivity contribution in [2.45, 2.75) is 90.7 Å². The Morgan fingerprint density at radius 1 is 1.08 bits per heavy atom. The first-order chi connectivity index (χ1) is 23.0. The highest BCUT2D eigenvalue weighted by Crippen LogP contribution is 2.62. The molecule has 0 saturated heterocycles. The van der Waals surface area contributed by atoms with Crippen molar-refractivity contribution in [3.63, 3.8) is 0 Å². The average molecular weight is 695 g/mol. The molecular weight excluding hydrogens is 648 g/mol. The number of nitrogens with one attached hydrogen (secondary N) is 2. The molecule has 1 aromatic carbocycles. The van der Waals surface area contributed by atoms with E-state index in [0.717, 1.165) is 24.8 Å². The summed E-state index contributed by atoms with van der Waals surface area (Å²) in [5.74, 6) is -1.20. The molecule has 5 rings (SSSR count). The number of cyclic esters (lactones) is 1. The Morgan fingerprint density at radius 2 is 1.76 bits per heavy atom. The summed E-state index contributed by atoms with van der Waals surface area (Å²) in [6.45, 7) is 15.4. The van der Waals surface area contributed by atoms with Crippen LogP contribution >= 0.6 is 0 Å². The second kappa shape index (κ2) is 13.9. The fourth-order valence-corrected chi connectivity index (χ4v) is 9.23. The summed E-state index contributed by atoms with van der Waals surface area (Å²) in [4.78, 5) is 45.4. The minimum Gasteiger partial charge on any atom is -0.465 e. The van der Waals surface area contributed by atoms with Crippen molar-refractivity contribution in [3.05, 3.63) is 65.5 Å². The summed E-state index contributed by atoms with van der Waals surface area (Å²) in [7, 11) is -3.96. The van der Waals surface area contributed by atoms with Gasteiger partial charge < -0.3 is 19.5 Å². The molecule has 2 N–H and O–H groups in total. The predicted octanol–water partition coefficient (Wildman–Crippen LogP) is 5.43. The van der Waals surface area contributed by atoms with E-state index in [4.69, 9.17) is 14.2 Å². The van der Waals surface area contributed by atoms with Crippen LogP contribution in [-0.2, 0) is 38.6 Å². The molecule has 12 nitrogen and oxygen atoms in total. The number of allylic oxidation sites excluding steroid dienone is 1. The SMILES string of the molecule is C=C1CC[C@@H]2[C@](C)(COC(C)=O)[C@H](OC(C)=O)CC[C@@]2(C)[C@H]1CC(Nc1ccc(S(=O)(=O)Nc2nc(C)cc(C)n2)cc1)C1=CCOC1=O. The molecule has 0 amide bonds. The van der Waals surface area contributed by atoms with E-state index in [2.05, 4.69) is 33.5 Å². The van der Waals surface area contributed by atoms with Gasteiger partial charge in [-0.1, -0.05) is 26.0 Å². The minimum absolute atomic E-state index is 0.00296. The third-order valence-corrected chi connectivity index (χ3v) is 11.9. The number of aryl methyl sites for hydroxylation is 2. The molecule has 0 bridgehead atoms. The smallest absolute Gasteiger partial charge is 0.336 e. The van der Waals surface area contributed by atoms with Crippen LogP contribution in [0.2, 0.25) is 0 Å². The van der Waals surface area contributed by atoms with Crippen LogP contribution in [0.3, 0.4) is 0 Å². The molecule has 0 spiro atoms. The second-order valence-corrected chi connectivity index (χ2v) is 15.7. The van der Waals surface area contributed by atoms with E-state index in [1.54, 1.807) is 38.1 Å². The standard InChI is InChI=1S/C36H46N4O8S/c1-21-8-13-31-35(6,16-14-32(48-25(5)42)36(31,7)20-47-24(4)41)29(21)19-30(28-15-17-46-33(28)43)39-26-9-11-27(12-10-26)49(44,45)40-34-37-22(2)18-23(3)38-34/h9-12,15,18,29-32,39H,1,8,13-14,16-17,19-20H2,2-7H3,(H,37,38,40)/t29-,30?,31-,32+,35-,36-/m0/s1. The first kappa shape index (κ1) is 36.0. The van der Waals surface area contributed by atoms with E-state index in [1.807, 2.05) is 6.92 Å². The van der Waals surface area contributed by atoms with Crippen molar-refractivity contribution in [1.82, 2.24) is 9.97 Å². The van der Waals surface area contributed by atoms with E-state index < -0.39 is 39.5 Å². The maximum Gasteiger partial charge on any atom is 0.336 e. The van der Waals surface area contributed by atoms with Gasteiger partial charge in [0.15, 0.2) is 0 Å². The zero-order valence-electron chi connectivity index (χ0n) is 29.0. The van der Waals surface area contributed by atoms with Gasteiger partial charge in [0.05, 0.1) is 16.5 Å². The van der Waals surface area contributed by atoms with Crippen LogP contribution in [0, 0.1) is 36.5 Å². The highest BCUT2D eigenvalue weighted by Gasteiger charge is 2.60. The zero-order valence-corrected chi connectivity index (χ0v) is 29.8. The topological polar surface area (TPSA) is 163 Å². The van der Waals surface area contributed by atoms with E-state index in [1.165, 1.54) is 26.0 Å². The molecule has 13 heteroatoms. The van der Waals surface area contributed by atoms with Crippen molar-refractivity contribution in [1.29, 1.82) is 0 Å². The molecule has 264 valence electrons. The van der Waals surface area contributed by atoms with Crippen LogP contribution < -0.4 is 10.0 Å². The van der Waals surface area contributed by atoms with E-state index >= 15 is 0 Å². The number of esters is 3. The van der Waals surface area contributed by atoms with Gasteiger partial charge in [-0.2, -0.15) is 0 Å². The fraction of sp³-hybridized carbons (Fsp3) is 0.528. The number of fused-ring (bicyclic) bond motifs is 1. The van der Waals surface area contributed by atoms with Crippen molar-refractivity contribution < 1.29 is 37.0 Å². The molecule has 2 saturated carbocycles. The number of hydrogen-bond donors (Lipinski definition) is 2. The summed E-state index contributed by atoms with van der Waals surface area (Å²) in [6, 6.07) is 7.57. The molecule has 3 aliphatic rings. The van der Waals surface area contributed by atoms with Gasteiger partial charge in [0.2, 0.25) is 5.95 Å². The average Bonchev–Trinajstić information content (AvgIpc) is 3.44. The van der Waals surface area contributed by atoms with Gasteiger partial charge in [0.1, 0.15) is 19.3 Å². The molecule has 2 heterocycles. The van der Waals surface area contributed by atoms with Gasteiger partial charge >= 0.3 is 17.9 Å². The molecule has 2 aliphatic carbocycles. The Morgan fingerprint density at radius 3 is 2.35 bits per heavy atom. The fourth-order valence-electron chi connectivity index (χ4n) is 8.29. The lowest BCUT2D eigenvalue weighted by atomic mass is 9.46. The third-order valence-electron chi connectivity index (χ3n) is 10.5. The summed E-state index contributed by atoms with van der Waals surface area (Å²) >= 11 is 0. The number of nitrogens with zero attached hydrogens (tertiary/aromatic N) is 2. The Kier molecular flexibility index (Phi) is 10.2. The molecular formula is C36H46N4O8S. The lowest BCUT2D eigenvalue weighted by Gasteiger charge is -2.60. The maximum atomic E-state index is 13.1. The second-order valence-electron chi connectivity index (χ2n) is 14.0. The predicted molar refractivity (Wildman–Crippen MR) is 183 cm³/mol. The van der Waals surface area contributed by atoms with Crippen molar-refractivity contribution in [2.24, 2.45) is 22.7 Å². The Bertz CT molecular complexity index is 1750. The normalized spacial score (nSPS) is 27.3. The minimum atomic E-state index is -3.96. The molecule has 1 unspecified atom stereocenters. The zero-order chi connectivity index (χ0) is 35.7. The van der Waals surface area contributed by atoms with Crippen LogP contribution in [0.5, 0.6) is 0 Å². The summed E-state index contributed by atoms with van der Waals surface area (Å²) in [6.07, 6.45) is 4.74. The van der Waals surface area contributed by atoms with Crippen molar-refractivity contribution in [3.8, 4) is 0 Å². The number of benzene rings is 1. The van der Waals surface area contributed by atoms with Gasteiger partial charge in [0.25, 0.3) is 10.0 Å². The van der Waals surface area contributed by atoms with E-state index in [0.29, 0.717) is 35.5 Å². The number of carbonyl (C=O) groups excluding carboxylic acids is 3. The monoisotopic (exact) mass is 694 g/mol. The Labute approximate surface area is 288 Å². The summed E-state index contributed by atoms with van der Waals surface area (Å²) in [5.41, 5.74) is 2.53. The molecule has 0 radical (unpaired) electrons. The van der Waals surface area contributed by atoms with Crippen LogP contribution in [0.1, 0.15) is 71.2 Å². The first-order valence-electron chi connectivity index (χ1n) is 16.6. The lowest BCUT2D eigenvalue weighted by molar-refractivity contribution is -0.191. The van der Waals surface area contributed by atoms with Crippen molar-refractivity contribution >= 4 is 39.6 Å². The van der Waals surface area contributed by atoms with Gasteiger partial charge in [-0.3, -0.25) is 9.59 Å². The number of sulfonamides is 1. The Balaban J connectivity index is 1.41. The first-order valence-corrected chi connectivity index (χ1v) is 18.1. The maximum absolute atomic E-state index is 13.1. The van der Waals surface area contributed by atoms with Gasteiger partial charge in [-0.15, -0.1) is 0 Å². The molecule has 49 heavy (non-hydrogen) atoms. The van der Waals surface area contributed by atoms with Gasteiger partial charge in [0, 0.05) is 36.3 Å². The van der Waals surface area contributed by atoms with Crippen LogP contribution in [0.15, 0.2) is 59.0 Å². The largest absolute Gasteiger partial charge is 0.465 e.